The maximum Gasteiger partial charge on any atom is 0.252 e. The van der Waals surface area contributed by atoms with E-state index in [1.165, 1.54) is 0 Å². The molecule has 6 heteroatoms. The Balaban J connectivity index is 1.85. The number of halogens is 1. The molecule has 1 saturated carbocycles. The number of nitrogens with one attached hydrogen (secondary N) is 1. The molecule has 0 spiro atoms. The van der Waals surface area contributed by atoms with Crippen LogP contribution in [0.3, 0.4) is 0 Å². The Morgan fingerprint density at radius 1 is 1.29 bits per heavy atom. The number of fused-ring (bicyclic) bond motifs is 5. The molecule has 3 rings (SSSR count). The van der Waals surface area contributed by atoms with E-state index < -0.39 is 0 Å². The predicted molar refractivity (Wildman–Crippen MR) is 61.5 cm³/mol. The van der Waals surface area contributed by atoms with Gasteiger partial charge in [0.1, 0.15) is 0 Å². The van der Waals surface area contributed by atoms with Crippen molar-refractivity contribution in [3.63, 3.8) is 0 Å². The second-order valence-electron chi connectivity index (χ2n) is 4.68. The third kappa shape index (κ3) is 1.40. The Morgan fingerprint density at radius 3 is 2.29 bits per heavy atom. The average molecular weight is 299 g/mol. The number of amides is 3. The lowest BCUT2D eigenvalue weighted by Crippen LogP contribution is -2.47. The third-order valence-corrected chi connectivity index (χ3v) is 4.34. The molecule has 1 aliphatic heterocycles. The van der Waals surface area contributed by atoms with Gasteiger partial charge in [0.15, 0.2) is 0 Å². The molecular weight excluding hydrogens is 288 g/mol. The smallest absolute Gasteiger partial charge is 0.252 e. The quantitative estimate of drug-likeness (QED) is 0.450. The van der Waals surface area contributed by atoms with Crippen molar-refractivity contribution in [1.29, 1.82) is 0 Å². The van der Waals surface area contributed by atoms with Crippen molar-refractivity contribution in [3.05, 3.63) is 12.2 Å². The molecule has 0 aromatic carbocycles. The van der Waals surface area contributed by atoms with E-state index in [4.69, 9.17) is 0 Å². The van der Waals surface area contributed by atoms with Gasteiger partial charge in [-0.05, 0) is 18.3 Å². The van der Waals surface area contributed by atoms with Crippen LogP contribution in [-0.4, -0.2) is 28.1 Å². The number of hydrogen-bond donors (Lipinski definition) is 1. The summed E-state index contributed by atoms with van der Waals surface area (Å²) in [7, 11) is 0. The molecule has 1 heterocycles. The first-order chi connectivity index (χ1) is 8.13. The van der Waals surface area contributed by atoms with Gasteiger partial charge in [-0.15, -0.1) is 0 Å². The van der Waals surface area contributed by atoms with Crippen LogP contribution in [-0.2, 0) is 14.4 Å². The van der Waals surface area contributed by atoms with Crippen molar-refractivity contribution >= 4 is 33.7 Å². The topological polar surface area (TPSA) is 66.5 Å². The van der Waals surface area contributed by atoms with Gasteiger partial charge >= 0.3 is 0 Å². The van der Waals surface area contributed by atoms with Gasteiger partial charge in [0.25, 0.3) is 11.8 Å². The Kier molecular flexibility index (Phi) is 2.36. The van der Waals surface area contributed by atoms with E-state index >= 15 is 0 Å². The lowest BCUT2D eigenvalue weighted by molar-refractivity contribution is -0.149. The highest BCUT2D eigenvalue weighted by Gasteiger charge is 2.59. The molecule has 2 bridgehead atoms. The monoisotopic (exact) mass is 298 g/mol. The molecule has 1 saturated heterocycles. The summed E-state index contributed by atoms with van der Waals surface area (Å²) in [4.78, 5) is 35.4. The largest absolute Gasteiger partial charge is 0.272 e. The first kappa shape index (κ1) is 11.0. The van der Waals surface area contributed by atoms with Crippen LogP contribution in [0.4, 0.5) is 0 Å². The van der Waals surface area contributed by atoms with E-state index in [9.17, 15) is 14.4 Å². The average Bonchev–Trinajstić information content (AvgIpc) is 2.98. The van der Waals surface area contributed by atoms with Crippen molar-refractivity contribution in [3.8, 4) is 0 Å². The van der Waals surface area contributed by atoms with Crippen LogP contribution in [0.2, 0.25) is 0 Å². The van der Waals surface area contributed by atoms with E-state index in [-0.39, 0.29) is 46.7 Å². The molecule has 2 aliphatic carbocycles. The number of rotatable bonds is 2. The van der Waals surface area contributed by atoms with Crippen molar-refractivity contribution < 1.29 is 14.4 Å². The van der Waals surface area contributed by atoms with Gasteiger partial charge < -0.3 is 0 Å². The van der Waals surface area contributed by atoms with E-state index in [0.29, 0.717) is 0 Å². The second kappa shape index (κ2) is 3.66. The number of carbonyl (C=O) groups excluding carboxylic acids is 3. The number of allylic oxidation sites excluding steroid dienone is 2. The van der Waals surface area contributed by atoms with Crippen LogP contribution in [0, 0.1) is 23.7 Å². The summed E-state index contributed by atoms with van der Waals surface area (Å²) in [5.74, 6) is -1.06. The summed E-state index contributed by atoms with van der Waals surface area (Å²) in [5.41, 5.74) is 2.35. The highest BCUT2D eigenvalue weighted by Crippen LogP contribution is 2.52. The maximum absolute atomic E-state index is 12.1. The number of hydrogen-bond acceptors (Lipinski definition) is 3. The Morgan fingerprint density at radius 2 is 1.82 bits per heavy atom. The normalized spacial score (nSPS) is 37.8. The van der Waals surface area contributed by atoms with Gasteiger partial charge in [-0.3, -0.25) is 19.8 Å². The van der Waals surface area contributed by atoms with Crippen molar-refractivity contribution in [1.82, 2.24) is 10.4 Å². The van der Waals surface area contributed by atoms with Gasteiger partial charge in [-0.2, -0.15) is 5.01 Å². The molecule has 0 aromatic rings. The van der Waals surface area contributed by atoms with Gasteiger partial charge in [0, 0.05) is 0 Å². The minimum atomic E-state index is -0.382. The van der Waals surface area contributed by atoms with Crippen LogP contribution in [0.25, 0.3) is 0 Å². The molecule has 4 unspecified atom stereocenters. The molecule has 4 atom stereocenters. The third-order valence-electron chi connectivity index (χ3n) is 3.83. The number of carbonyl (C=O) groups is 3. The SMILES string of the molecule is O=C(CBr)NN1C(=O)C2C3C=CC(C3)C2C1=O. The fourth-order valence-electron chi connectivity index (χ4n) is 3.17. The molecule has 5 nitrogen and oxygen atoms in total. The molecule has 90 valence electrons. The molecule has 17 heavy (non-hydrogen) atoms. The molecule has 0 radical (unpaired) electrons. The molecule has 1 N–H and O–H groups in total. The Bertz CT molecular complexity index is 418. The molecule has 3 amide bonds. The van der Waals surface area contributed by atoms with Crippen LogP contribution >= 0.6 is 15.9 Å². The fourth-order valence-corrected chi connectivity index (χ4v) is 3.29. The fraction of sp³-hybridized carbons (Fsp3) is 0.545. The molecule has 3 aliphatic rings. The standard InChI is InChI=1S/C11H11BrN2O3/c12-4-7(15)13-14-10(16)8-5-1-2-6(3-5)9(8)11(14)17/h1-2,5-6,8-9H,3-4H2,(H,13,15). The zero-order valence-corrected chi connectivity index (χ0v) is 10.5. The van der Waals surface area contributed by atoms with E-state index in [0.717, 1.165) is 11.4 Å². The highest BCUT2D eigenvalue weighted by molar-refractivity contribution is 9.09. The predicted octanol–water partition coefficient (Wildman–Crippen LogP) is 0.220. The summed E-state index contributed by atoms with van der Waals surface area (Å²) in [6.07, 6.45) is 4.94. The molecule has 2 fully saturated rings. The summed E-state index contributed by atoms with van der Waals surface area (Å²) < 4.78 is 0. The van der Waals surface area contributed by atoms with Gasteiger partial charge in [0.2, 0.25) is 5.91 Å². The summed E-state index contributed by atoms with van der Waals surface area (Å²) in [6.45, 7) is 0. The first-order valence-electron chi connectivity index (χ1n) is 5.55. The number of imide groups is 1. The second-order valence-corrected chi connectivity index (χ2v) is 5.24. The van der Waals surface area contributed by atoms with Gasteiger partial charge in [-0.25, -0.2) is 0 Å². The van der Waals surface area contributed by atoms with Crippen LogP contribution in [0.15, 0.2) is 12.2 Å². The molecule has 0 aromatic heterocycles. The van der Waals surface area contributed by atoms with E-state index in [1.807, 2.05) is 12.2 Å². The number of alkyl halides is 1. The highest BCUT2D eigenvalue weighted by atomic mass is 79.9. The van der Waals surface area contributed by atoms with Crippen molar-refractivity contribution in [2.45, 2.75) is 6.42 Å². The Hall–Kier alpha value is -1.17. The van der Waals surface area contributed by atoms with Gasteiger partial charge in [0.05, 0.1) is 17.2 Å². The first-order valence-corrected chi connectivity index (χ1v) is 6.67. The van der Waals surface area contributed by atoms with E-state index in [2.05, 4.69) is 21.4 Å². The van der Waals surface area contributed by atoms with Gasteiger partial charge in [-0.1, -0.05) is 28.1 Å². The minimum Gasteiger partial charge on any atom is -0.272 e. The summed E-state index contributed by atoms with van der Waals surface area (Å²) in [6, 6.07) is 0. The zero-order chi connectivity index (χ0) is 12.2. The number of nitrogens with zero attached hydrogens (tertiary/aromatic N) is 1. The van der Waals surface area contributed by atoms with Crippen LogP contribution in [0.1, 0.15) is 6.42 Å². The number of hydrazine groups is 1. The molecular formula is C11H11BrN2O3. The minimum absolute atomic E-state index is 0.0739. The van der Waals surface area contributed by atoms with Crippen molar-refractivity contribution in [2.75, 3.05) is 5.33 Å². The lowest BCUT2D eigenvalue weighted by atomic mass is 9.85. The van der Waals surface area contributed by atoms with E-state index in [1.54, 1.807) is 0 Å². The Labute approximate surface area is 106 Å². The lowest BCUT2D eigenvalue weighted by Gasteiger charge is -2.17. The maximum atomic E-state index is 12.1. The summed E-state index contributed by atoms with van der Waals surface area (Å²) in [5, 5.41) is 0.982. The van der Waals surface area contributed by atoms with Crippen LogP contribution < -0.4 is 5.43 Å². The van der Waals surface area contributed by atoms with Crippen LogP contribution in [0.5, 0.6) is 0 Å². The van der Waals surface area contributed by atoms with Crippen molar-refractivity contribution in [2.24, 2.45) is 23.7 Å². The summed E-state index contributed by atoms with van der Waals surface area (Å²) >= 11 is 2.99. The zero-order valence-electron chi connectivity index (χ0n) is 8.93.